The van der Waals surface area contributed by atoms with Crippen LogP contribution in [0.3, 0.4) is 0 Å². The number of aromatic amines is 1. The van der Waals surface area contributed by atoms with Crippen LogP contribution in [0, 0.1) is 5.82 Å². The zero-order valence-corrected chi connectivity index (χ0v) is 8.40. The second-order valence-corrected chi connectivity index (χ2v) is 3.48. The summed E-state index contributed by atoms with van der Waals surface area (Å²) in [6.07, 6.45) is 1.95. The molecule has 0 aliphatic heterocycles. The molecule has 0 spiro atoms. The van der Waals surface area contributed by atoms with Crippen LogP contribution in [0.1, 0.15) is 21.6 Å². The van der Waals surface area contributed by atoms with Crippen molar-refractivity contribution in [3.05, 3.63) is 59.2 Å². The molecule has 0 fully saturated rings. The molecule has 1 heterocycles. The molecule has 3 nitrogen and oxygen atoms in total. The van der Waals surface area contributed by atoms with E-state index < -0.39 is 5.97 Å². The maximum absolute atomic E-state index is 12.9. The number of halogens is 1. The molecule has 2 N–H and O–H groups in total. The summed E-state index contributed by atoms with van der Waals surface area (Å²) in [6, 6.07) is 7.61. The van der Waals surface area contributed by atoms with Crippen molar-refractivity contribution in [1.82, 2.24) is 4.98 Å². The van der Waals surface area contributed by atoms with Crippen molar-refractivity contribution < 1.29 is 14.3 Å². The molecule has 0 atom stereocenters. The number of aromatic nitrogens is 1. The zero-order chi connectivity index (χ0) is 11.5. The lowest BCUT2D eigenvalue weighted by molar-refractivity contribution is 0.0696. The van der Waals surface area contributed by atoms with Gasteiger partial charge in [0.2, 0.25) is 0 Å². The van der Waals surface area contributed by atoms with E-state index in [4.69, 9.17) is 5.11 Å². The first-order valence-corrected chi connectivity index (χ1v) is 4.81. The van der Waals surface area contributed by atoms with Crippen molar-refractivity contribution in [3.63, 3.8) is 0 Å². The van der Waals surface area contributed by atoms with Crippen LogP contribution in [0.2, 0.25) is 0 Å². The average molecular weight is 219 g/mol. The molecule has 0 amide bonds. The van der Waals surface area contributed by atoms with E-state index in [0.717, 1.165) is 5.56 Å². The van der Waals surface area contributed by atoms with Crippen LogP contribution >= 0.6 is 0 Å². The first-order chi connectivity index (χ1) is 7.66. The Morgan fingerprint density at radius 1 is 1.38 bits per heavy atom. The number of carboxylic acid groups (broad SMARTS) is 1. The number of hydrogen-bond donors (Lipinski definition) is 2. The number of hydrogen-bond acceptors (Lipinski definition) is 1. The maximum Gasteiger partial charge on any atom is 0.337 e. The van der Waals surface area contributed by atoms with Gasteiger partial charge >= 0.3 is 5.97 Å². The average Bonchev–Trinajstić information content (AvgIpc) is 2.66. The molecule has 0 saturated heterocycles. The van der Waals surface area contributed by atoms with Gasteiger partial charge in [-0.05, 0) is 23.8 Å². The summed E-state index contributed by atoms with van der Waals surface area (Å²) in [7, 11) is 0. The van der Waals surface area contributed by atoms with Crippen molar-refractivity contribution in [1.29, 1.82) is 0 Å². The third-order valence-corrected chi connectivity index (χ3v) is 2.33. The third kappa shape index (κ3) is 2.11. The van der Waals surface area contributed by atoms with Gasteiger partial charge < -0.3 is 10.1 Å². The molecule has 1 aromatic heterocycles. The minimum absolute atomic E-state index is 0.226. The maximum atomic E-state index is 12.9. The Bertz CT molecular complexity index is 519. The van der Waals surface area contributed by atoms with Crippen molar-refractivity contribution in [2.45, 2.75) is 6.42 Å². The standard InChI is InChI=1S/C12H10FNO2/c13-9-3-1-2-8(6-9)7-11-10(12(15)16)4-5-14-11/h1-6,14H,7H2,(H,15,16). The quantitative estimate of drug-likeness (QED) is 0.833. The fraction of sp³-hybridized carbons (Fsp3) is 0.0833. The molecular formula is C12H10FNO2. The van der Waals surface area contributed by atoms with Crippen molar-refractivity contribution in [2.75, 3.05) is 0 Å². The van der Waals surface area contributed by atoms with Crippen LogP contribution in [0.15, 0.2) is 36.5 Å². The molecule has 1 aromatic carbocycles. The molecular weight excluding hydrogens is 209 g/mol. The highest BCUT2D eigenvalue weighted by molar-refractivity contribution is 5.89. The molecule has 0 bridgehead atoms. The van der Waals surface area contributed by atoms with Gasteiger partial charge in [0.1, 0.15) is 5.82 Å². The SMILES string of the molecule is O=C(O)c1cc[nH]c1Cc1cccc(F)c1. The Morgan fingerprint density at radius 3 is 2.88 bits per heavy atom. The van der Waals surface area contributed by atoms with E-state index in [9.17, 15) is 9.18 Å². The summed E-state index contributed by atoms with van der Waals surface area (Å²) in [5.74, 6) is -1.30. The van der Waals surface area contributed by atoms with E-state index in [1.54, 1.807) is 18.3 Å². The Kier molecular flexibility index (Phi) is 2.72. The van der Waals surface area contributed by atoms with Gasteiger partial charge in [0, 0.05) is 18.3 Å². The van der Waals surface area contributed by atoms with Crippen LogP contribution in [0.5, 0.6) is 0 Å². The van der Waals surface area contributed by atoms with E-state index in [1.165, 1.54) is 18.2 Å². The number of H-pyrrole nitrogens is 1. The van der Waals surface area contributed by atoms with Gasteiger partial charge in [0.05, 0.1) is 5.56 Å². The van der Waals surface area contributed by atoms with Gasteiger partial charge in [0.15, 0.2) is 0 Å². The summed E-state index contributed by atoms with van der Waals surface area (Å²) in [6.45, 7) is 0. The molecule has 2 rings (SSSR count). The Balaban J connectivity index is 2.27. The van der Waals surface area contributed by atoms with Gasteiger partial charge in [-0.2, -0.15) is 0 Å². The van der Waals surface area contributed by atoms with Crippen LogP contribution in [0.4, 0.5) is 4.39 Å². The summed E-state index contributed by atoms with van der Waals surface area (Å²) in [4.78, 5) is 13.7. The van der Waals surface area contributed by atoms with Gasteiger partial charge in [-0.3, -0.25) is 0 Å². The lowest BCUT2D eigenvalue weighted by Crippen LogP contribution is -2.01. The van der Waals surface area contributed by atoms with Crippen molar-refractivity contribution in [3.8, 4) is 0 Å². The summed E-state index contributed by atoms with van der Waals surface area (Å²) in [5.41, 5.74) is 1.55. The third-order valence-electron chi connectivity index (χ3n) is 2.33. The number of carbonyl (C=O) groups is 1. The fourth-order valence-electron chi connectivity index (χ4n) is 1.60. The number of nitrogens with one attached hydrogen (secondary N) is 1. The molecule has 0 radical (unpaired) electrons. The van der Waals surface area contributed by atoms with Gasteiger partial charge in [0.25, 0.3) is 0 Å². The summed E-state index contributed by atoms with van der Waals surface area (Å²) in [5, 5.41) is 8.89. The molecule has 0 aliphatic carbocycles. The van der Waals surface area contributed by atoms with E-state index in [2.05, 4.69) is 4.98 Å². The van der Waals surface area contributed by atoms with Gasteiger partial charge in [-0.1, -0.05) is 12.1 Å². The Hall–Kier alpha value is -2.10. The van der Waals surface area contributed by atoms with Crippen molar-refractivity contribution >= 4 is 5.97 Å². The summed E-state index contributed by atoms with van der Waals surface area (Å²) < 4.78 is 12.9. The van der Waals surface area contributed by atoms with Crippen LogP contribution < -0.4 is 0 Å². The Labute approximate surface area is 91.5 Å². The number of aromatic carboxylic acids is 1. The van der Waals surface area contributed by atoms with Crippen LogP contribution in [-0.2, 0) is 6.42 Å². The first-order valence-electron chi connectivity index (χ1n) is 4.81. The van der Waals surface area contributed by atoms with Crippen LogP contribution in [0.25, 0.3) is 0 Å². The predicted molar refractivity (Wildman–Crippen MR) is 57.0 cm³/mol. The topological polar surface area (TPSA) is 53.1 Å². The predicted octanol–water partition coefficient (Wildman–Crippen LogP) is 2.44. The smallest absolute Gasteiger partial charge is 0.337 e. The van der Waals surface area contributed by atoms with E-state index in [0.29, 0.717) is 12.1 Å². The lowest BCUT2D eigenvalue weighted by atomic mass is 10.1. The first kappa shape index (κ1) is 10.4. The Morgan fingerprint density at radius 2 is 2.19 bits per heavy atom. The highest BCUT2D eigenvalue weighted by Gasteiger charge is 2.11. The largest absolute Gasteiger partial charge is 0.478 e. The molecule has 2 aromatic rings. The monoisotopic (exact) mass is 219 g/mol. The molecule has 0 saturated carbocycles. The highest BCUT2D eigenvalue weighted by Crippen LogP contribution is 2.13. The van der Waals surface area contributed by atoms with Gasteiger partial charge in [-0.15, -0.1) is 0 Å². The minimum Gasteiger partial charge on any atom is -0.478 e. The zero-order valence-electron chi connectivity index (χ0n) is 8.40. The van der Waals surface area contributed by atoms with E-state index >= 15 is 0 Å². The lowest BCUT2D eigenvalue weighted by Gasteiger charge is -2.01. The number of carboxylic acids is 1. The second kappa shape index (κ2) is 4.18. The normalized spacial score (nSPS) is 10.3. The van der Waals surface area contributed by atoms with Gasteiger partial charge in [-0.25, -0.2) is 9.18 Å². The number of rotatable bonds is 3. The highest BCUT2D eigenvalue weighted by atomic mass is 19.1. The molecule has 0 aliphatic rings. The summed E-state index contributed by atoms with van der Waals surface area (Å²) >= 11 is 0. The molecule has 0 unspecified atom stereocenters. The molecule has 82 valence electrons. The molecule has 16 heavy (non-hydrogen) atoms. The molecule has 4 heteroatoms. The van der Waals surface area contributed by atoms with Crippen molar-refractivity contribution in [2.24, 2.45) is 0 Å². The van der Waals surface area contributed by atoms with E-state index in [-0.39, 0.29) is 11.4 Å². The van der Waals surface area contributed by atoms with E-state index in [1.807, 2.05) is 0 Å². The second-order valence-electron chi connectivity index (χ2n) is 3.48. The van der Waals surface area contributed by atoms with Crippen LogP contribution in [-0.4, -0.2) is 16.1 Å². The minimum atomic E-state index is -0.979. The fourth-order valence-corrected chi connectivity index (χ4v) is 1.60. The number of benzene rings is 1.